The summed E-state index contributed by atoms with van der Waals surface area (Å²) in [5.41, 5.74) is 2.17. The minimum Gasteiger partial charge on any atom is -0.340 e. The van der Waals surface area contributed by atoms with E-state index in [0.717, 1.165) is 43.6 Å². The highest BCUT2D eigenvalue weighted by Gasteiger charge is 2.26. The maximum absolute atomic E-state index is 12.8. The fraction of sp³-hybridized carbons (Fsp3) is 0.579. The number of hydrogen-bond donors (Lipinski definition) is 1. The van der Waals surface area contributed by atoms with Gasteiger partial charge in [0, 0.05) is 49.3 Å². The molecule has 1 saturated heterocycles. The summed E-state index contributed by atoms with van der Waals surface area (Å²) in [6.07, 6.45) is 9.06. The van der Waals surface area contributed by atoms with Crippen LogP contribution in [0.15, 0.2) is 23.3 Å². The molecular weight excluding hydrogens is 330 g/mol. The summed E-state index contributed by atoms with van der Waals surface area (Å²) in [6, 6.07) is 2.21. The van der Waals surface area contributed by atoms with Crippen molar-refractivity contribution in [3.63, 3.8) is 0 Å². The number of H-pyrrole nitrogens is 1. The predicted molar refractivity (Wildman–Crippen MR) is 98.8 cm³/mol. The van der Waals surface area contributed by atoms with Crippen molar-refractivity contribution in [2.45, 2.75) is 65.0 Å². The fourth-order valence-electron chi connectivity index (χ4n) is 3.84. The van der Waals surface area contributed by atoms with E-state index in [-0.39, 0.29) is 17.6 Å². The van der Waals surface area contributed by atoms with Crippen molar-refractivity contribution in [1.82, 2.24) is 24.6 Å². The fourth-order valence-corrected chi connectivity index (χ4v) is 3.84. The van der Waals surface area contributed by atoms with Crippen LogP contribution in [-0.4, -0.2) is 43.1 Å². The Labute approximate surface area is 153 Å². The molecule has 3 rings (SSSR count). The largest absolute Gasteiger partial charge is 0.345 e. The zero-order chi connectivity index (χ0) is 18.5. The van der Waals surface area contributed by atoms with E-state index in [4.69, 9.17) is 0 Å². The zero-order valence-electron chi connectivity index (χ0n) is 15.6. The van der Waals surface area contributed by atoms with Crippen molar-refractivity contribution in [1.29, 1.82) is 0 Å². The van der Waals surface area contributed by atoms with Gasteiger partial charge in [0.05, 0.1) is 0 Å². The van der Waals surface area contributed by atoms with Gasteiger partial charge in [0.2, 0.25) is 5.91 Å². The molecule has 2 aromatic rings. The van der Waals surface area contributed by atoms with Crippen molar-refractivity contribution in [2.75, 3.05) is 6.54 Å². The van der Waals surface area contributed by atoms with Gasteiger partial charge in [-0.05, 0) is 57.6 Å². The number of aromatic nitrogens is 4. The molecule has 2 aromatic heterocycles. The summed E-state index contributed by atoms with van der Waals surface area (Å²) < 4.78 is 1.93. The Kier molecular flexibility index (Phi) is 5.85. The van der Waals surface area contributed by atoms with Crippen molar-refractivity contribution in [3.05, 3.63) is 45.9 Å². The van der Waals surface area contributed by atoms with Gasteiger partial charge in [-0.3, -0.25) is 9.48 Å². The number of nitrogens with zero attached hydrogens (tertiary/aromatic N) is 4. The summed E-state index contributed by atoms with van der Waals surface area (Å²) in [4.78, 5) is 33.0. The number of aryl methyl sites for hydroxylation is 3. The highest BCUT2D eigenvalue weighted by atomic mass is 16.2. The van der Waals surface area contributed by atoms with Crippen LogP contribution < -0.4 is 5.69 Å². The number of piperidine rings is 1. The molecule has 140 valence electrons. The summed E-state index contributed by atoms with van der Waals surface area (Å²) >= 11 is 0. The third-order valence-corrected chi connectivity index (χ3v) is 5.24. The van der Waals surface area contributed by atoms with Gasteiger partial charge in [-0.15, -0.1) is 0 Å². The summed E-state index contributed by atoms with van der Waals surface area (Å²) in [5.74, 6) is 0.195. The SMILES string of the molecule is Cc1nc(=O)[nH]c(C)c1CCC(=O)N1CCCCC1CCn1cccn1. The van der Waals surface area contributed by atoms with Crippen molar-refractivity contribution in [2.24, 2.45) is 0 Å². The highest BCUT2D eigenvalue weighted by Crippen LogP contribution is 2.22. The average molecular weight is 357 g/mol. The first-order valence-corrected chi connectivity index (χ1v) is 9.38. The third-order valence-electron chi connectivity index (χ3n) is 5.24. The first-order valence-electron chi connectivity index (χ1n) is 9.38. The number of likely N-dealkylation sites (tertiary alicyclic amines) is 1. The van der Waals surface area contributed by atoms with E-state index in [1.165, 1.54) is 6.42 Å². The maximum atomic E-state index is 12.8. The quantitative estimate of drug-likeness (QED) is 0.857. The predicted octanol–water partition coefficient (Wildman–Crippen LogP) is 1.99. The molecule has 1 unspecified atom stereocenters. The smallest absolute Gasteiger partial charge is 0.340 e. The summed E-state index contributed by atoms with van der Waals surface area (Å²) in [6.45, 7) is 5.37. The van der Waals surface area contributed by atoms with Crippen LogP contribution in [-0.2, 0) is 17.8 Å². The Balaban J connectivity index is 1.60. The van der Waals surface area contributed by atoms with Crippen molar-refractivity contribution >= 4 is 5.91 Å². The van der Waals surface area contributed by atoms with E-state index in [9.17, 15) is 9.59 Å². The number of rotatable bonds is 6. The Morgan fingerprint density at radius 3 is 2.92 bits per heavy atom. The van der Waals surface area contributed by atoms with Gasteiger partial charge in [0.1, 0.15) is 0 Å². The minimum absolute atomic E-state index is 0.195. The Hall–Kier alpha value is -2.44. The number of hydrogen-bond acceptors (Lipinski definition) is 4. The van der Waals surface area contributed by atoms with Gasteiger partial charge in [0.15, 0.2) is 0 Å². The van der Waals surface area contributed by atoms with Crippen LogP contribution in [0.4, 0.5) is 0 Å². The van der Waals surface area contributed by atoms with Crippen molar-refractivity contribution in [3.8, 4) is 0 Å². The van der Waals surface area contributed by atoms with Crippen LogP contribution in [0.25, 0.3) is 0 Å². The van der Waals surface area contributed by atoms with Gasteiger partial charge < -0.3 is 9.88 Å². The molecule has 1 aliphatic heterocycles. The van der Waals surface area contributed by atoms with E-state index in [2.05, 4.69) is 20.0 Å². The lowest BCUT2D eigenvalue weighted by molar-refractivity contribution is -0.135. The summed E-state index contributed by atoms with van der Waals surface area (Å²) in [5, 5.41) is 4.25. The maximum Gasteiger partial charge on any atom is 0.345 e. The molecule has 0 aromatic carbocycles. The van der Waals surface area contributed by atoms with Gasteiger partial charge in [0.25, 0.3) is 0 Å². The Bertz CT molecular complexity index is 771. The molecule has 1 N–H and O–H groups in total. The van der Waals surface area contributed by atoms with Gasteiger partial charge in [-0.2, -0.15) is 10.1 Å². The van der Waals surface area contributed by atoms with E-state index in [1.54, 1.807) is 6.20 Å². The zero-order valence-corrected chi connectivity index (χ0v) is 15.6. The van der Waals surface area contributed by atoms with Crippen LogP contribution in [0.3, 0.4) is 0 Å². The minimum atomic E-state index is -0.329. The number of carbonyl (C=O) groups excluding carboxylic acids is 1. The molecule has 1 amide bonds. The lowest BCUT2D eigenvalue weighted by Gasteiger charge is -2.36. The molecule has 7 heteroatoms. The van der Waals surface area contributed by atoms with Crippen LogP contribution in [0.2, 0.25) is 0 Å². The Morgan fingerprint density at radius 2 is 2.19 bits per heavy atom. The number of amides is 1. The molecular formula is C19H27N5O2. The van der Waals surface area contributed by atoms with Crippen LogP contribution in [0, 0.1) is 13.8 Å². The monoisotopic (exact) mass is 357 g/mol. The van der Waals surface area contributed by atoms with Crippen LogP contribution in [0.5, 0.6) is 0 Å². The lowest BCUT2D eigenvalue weighted by atomic mass is 9.98. The summed E-state index contributed by atoms with van der Waals surface area (Å²) in [7, 11) is 0. The Morgan fingerprint density at radius 1 is 1.35 bits per heavy atom. The molecule has 1 atom stereocenters. The van der Waals surface area contributed by atoms with E-state index < -0.39 is 0 Å². The molecule has 0 saturated carbocycles. The first-order chi connectivity index (χ1) is 12.5. The first kappa shape index (κ1) is 18.4. The number of nitrogens with one attached hydrogen (secondary N) is 1. The molecule has 1 aliphatic rings. The molecule has 0 aliphatic carbocycles. The molecule has 0 bridgehead atoms. The second-order valence-corrected chi connectivity index (χ2v) is 7.03. The van der Waals surface area contributed by atoms with Gasteiger partial charge in [-0.25, -0.2) is 4.79 Å². The normalized spacial score (nSPS) is 17.5. The lowest BCUT2D eigenvalue weighted by Crippen LogP contribution is -2.44. The average Bonchev–Trinajstić information content (AvgIpc) is 3.12. The third kappa shape index (κ3) is 4.39. The molecule has 1 fully saturated rings. The molecule has 26 heavy (non-hydrogen) atoms. The molecule has 0 radical (unpaired) electrons. The molecule has 0 spiro atoms. The van der Waals surface area contributed by atoms with Crippen LogP contribution in [0.1, 0.15) is 49.1 Å². The molecule has 7 nitrogen and oxygen atoms in total. The van der Waals surface area contributed by atoms with Gasteiger partial charge >= 0.3 is 5.69 Å². The van der Waals surface area contributed by atoms with E-state index >= 15 is 0 Å². The second kappa shape index (κ2) is 8.29. The number of carbonyl (C=O) groups is 1. The highest BCUT2D eigenvalue weighted by molar-refractivity contribution is 5.77. The van der Waals surface area contributed by atoms with Crippen molar-refractivity contribution < 1.29 is 4.79 Å². The topological polar surface area (TPSA) is 83.9 Å². The molecule has 3 heterocycles. The number of aromatic amines is 1. The van der Waals surface area contributed by atoms with Crippen LogP contribution >= 0.6 is 0 Å². The van der Waals surface area contributed by atoms with E-state index in [1.807, 2.05) is 30.8 Å². The second-order valence-electron chi connectivity index (χ2n) is 7.03. The van der Waals surface area contributed by atoms with E-state index in [0.29, 0.717) is 18.5 Å². The standard InChI is InChI=1S/C19H27N5O2/c1-14-17(15(2)22-19(26)21-14)7-8-18(25)24-12-4-3-6-16(24)9-13-23-11-5-10-20-23/h5,10-11,16H,3-4,6-9,12-13H2,1-2H3,(H,21,22,26). The van der Waals surface area contributed by atoms with Gasteiger partial charge in [-0.1, -0.05) is 0 Å².